The predicted molar refractivity (Wildman–Crippen MR) is 98.2 cm³/mol. The molecule has 0 aliphatic carbocycles. The molecule has 1 aromatic carbocycles. The first-order valence-corrected chi connectivity index (χ1v) is 9.68. The Morgan fingerprint density at radius 2 is 2.24 bits per heavy atom. The monoisotopic (exact) mass is 356 g/mol. The van der Waals surface area contributed by atoms with Gasteiger partial charge in [0.1, 0.15) is 12.3 Å². The molecule has 25 heavy (non-hydrogen) atoms. The predicted octanol–water partition coefficient (Wildman–Crippen LogP) is 3.03. The van der Waals surface area contributed by atoms with E-state index < -0.39 is 0 Å². The number of Topliss-reactive ketones (excluding diaryl/α,β-unsaturated/α-hetero) is 1. The minimum Gasteiger partial charge on any atom is -0.507 e. The SMILES string of the molecule is C[C@H]1CCCC[NH+]1Cc1c(O)ccc2c1O/C(=C\c1cccs1)C2=O. The van der Waals surface area contributed by atoms with Gasteiger partial charge < -0.3 is 14.7 Å². The van der Waals surface area contributed by atoms with E-state index in [-0.39, 0.29) is 11.5 Å². The molecule has 1 fully saturated rings. The number of carbonyl (C=O) groups excluding carboxylic acids is 1. The Morgan fingerprint density at radius 3 is 3.00 bits per heavy atom. The van der Waals surface area contributed by atoms with E-state index in [9.17, 15) is 9.90 Å². The number of carbonyl (C=O) groups is 1. The highest BCUT2D eigenvalue weighted by Crippen LogP contribution is 2.39. The number of piperidine rings is 1. The number of hydrogen-bond donors (Lipinski definition) is 2. The molecule has 2 aromatic rings. The number of aromatic hydroxyl groups is 1. The van der Waals surface area contributed by atoms with Gasteiger partial charge in [0.15, 0.2) is 11.5 Å². The maximum Gasteiger partial charge on any atom is 0.232 e. The van der Waals surface area contributed by atoms with Crippen molar-refractivity contribution in [1.82, 2.24) is 0 Å². The molecule has 0 saturated carbocycles. The number of fused-ring (bicyclic) bond motifs is 1. The highest BCUT2D eigenvalue weighted by atomic mass is 32.1. The lowest BCUT2D eigenvalue weighted by atomic mass is 10.0. The number of ether oxygens (including phenoxy) is 1. The summed E-state index contributed by atoms with van der Waals surface area (Å²) in [4.78, 5) is 15.1. The molecule has 2 aliphatic heterocycles. The van der Waals surface area contributed by atoms with Gasteiger partial charge in [0.2, 0.25) is 5.78 Å². The zero-order chi connectivity index (χ0) is 17.4. The molecule has 0 spiro atoms. The van der Waals surface area contributed by atoms with Crippen LogP contribution in [0.1, 0.15) is 47.0 Å². The average molecular weight is 356 g/mol. The van der Waals surface area contributed by atoms with Crippen LogP contribution in [0.2, 0.25) is 0 Å². The molecular weight excluding hydrogens is 334 g/mol. The largest absolute Gasteiger partial charge is 0.507 e. The molecule has 1 saturated heterocycles. The molecule has 0 amide bonds. The molecule has 1 aromatic heterocycles. The first-order chi connectivity index (χ1) is 12.1. The Hall–Kier alpha value is -2.11. The molecule has 130 valence electrons. The number of hydrogen-bond acceptors (Lipinski definition) is 4. The van der Waals surface area contributed by atoms with Crippen LogP contribution in [0.15, 0.2) is 35.4 Å². The standard InChI is InChI=1S/C20H21NO3S/c1-13-5-2-3-9-21(13)12-16-17(22)8-7-15-19(23)18(24-20(15)16)11-14-6-4-10-25-14/h4,6-8,10-11,13,22H,2-3,5,9,12H2,1H3/p+1/b18-11-/t13-/m0/s1. The van der Waals surface area contributed by atoms with Crippen molar-refractivity contribution in [2.75, 3.05) is 6.54 Å². The topological polar surface area (TPSA) is 51.0 Å². The fraction of sp³-hybridized carbons (Fsp3) is 0.350. The highest BCUT2D eigenvalue weighted by Gasteiger charge is 2.33. The third-order valence-corrected chi connectivity index (χ3v) is 6.04. The fourth-order valence-electron chi connectivity index (χ4n) is 3.71. The molecule has 2 N–H and O–H groups in total. The van der Waals surface area contributed by atoms with Crippen molar-refractivity contribution in [3.63, 3.8) is 0 Å². The maximum atomic E-state index is 12.7. The first-order valence-electron chi connectivity index (χ1n) is 8.80. The van der Waals surface area contributed by atoms with Gasteiger partial charge in [-0.25, -0.2) is 0 Å². The number of nitrogens with one attached hydrogen (secondary N) is 1. The molecule has 4 rings (SSSR count). The summed E-state index contributed by atoms with van der Waals surface area (Å²) in [5.74, 6) is 0.990. The van der Waals surface area contributed by atoms with E-state index in [2.05, 4.69) is 6.92 Å². The Bertz CT molecular complexity index is 826. The van der Waals surface area contributed by atoms with E-state index in [1.807, 2.05) is 17.5 Å². The zero-order valence-corrected chi connectivity index (χ0v) is 15.1. The number of rotatable bonds is 3. The molecule has 1 unspecified atom stereocenters. The molecular formula is C20H22NO3S+. The molecule has 5 heteroatoms. The summed E-state index contributed by atoms with van der Waals surface area (Å²) in [5, 5.41) is 12.4. The van der Waals surface area contributed by atoms with Gasteiger partial charge >= 0.3 is 0 Å². The second kappa shape index (κ2) is 6.65. The van der Waals surface area contributed by atoms with Crippen LogP contribution >= 0.6 is 11.3 Å². The van der Waals surface area contributed by atoms with Gasteiger partial charge in [-0.2, -0.15) is 0 Å². The van der Waals surface area contributed by atoms with Crippen LogP contribution in [0, 0.1) is 0 Å². The third-order valence-electron chi connectivity index (χ3n) is 5.22. The summed E-state index contributed by atoms with van der Waals surface area (Å²) >= 11 is 1.56. The molecule has 2 aliphatic rings. The van der Waals surface area contributed by atoms with Crippen molar-refractivity contribution in [3.8, 4) is 11.5 Å². The van der Waals surface area contributed by atoms with Gasteiger partial charge in [0.25, 0.3) is 0 Å². The van der Waals surface area contributed by atoms with Gasteiger partial charge in [-0.1, -0.05) is 6.07 Å². The number of allylic oxidation sites excluding steroid dienone is 1. The van der Waals surface area contributed by atoms with Crippen molar-refractivity contribution in [3.05, 3.63) is 51.4 Å². The normalized spacial score (nSPS) is 24.4. The zero-order valence-electron chi connectivity index (χ0n) is 14.2. The van der Waals surface area contributed by atoms with Gasteiger partial charge in [0.05, 0.1) is 23.7 Å². The molecule has 0 bridgehead atoms. The molecule has 3 heterocycles. The second-order valence-corrected chi connectivity index (χ2v) is 7.86. The number of phenols is 1. The van der Waals surface area contributed by atoms with E-state index in [1.165, 1.54) is 24.2 Å². The Labute approximate surface area is 151 Å². The van der Waals surface area contributed by atoms with Crippen molar-refractivity contribution in [2.24, 2.45) is 0 Å². The van der Waals surface area contributed by atoms with E-state index in [1.54, 1.807) is 29.5 Å². The van der Waals surface area contributed by atoms with Crippen molar-refractivity contribution >= 4 is 23.2 Å². The minimum atomic E-state index is -0.105. The Morgan fingerprint density at radius 1 is 1.36 bits per heavy atom. The van der Waals surface area contributed by atoms with E-state index in [4.69, 9.17) is 4.74 Å². The van der Waals surface area contributed by atoms with Crippen LogP contribution in [0.5, 0.6) is 11.5 Å². The lowest BCUT2D eigenvalue weighted by Gasteiger charge is -2.30. The first kappa shape index (κ1) is 16.4. The Kier molecular flexibility index (Phi) is 4.36. The average Bonchev–Trinajstić information content (AvgIpc) is 3.21. The van der Waals surface area contributed by atoms with E-state index >= 15 is 0 Å². The lowest BCUT2D eigenvalue weighted by Crippen LogP contribution is -3.14. The second-order valence-electron chi connectivity index (χ2n) is 6.88. The van der Waals surface area contributed by atoms with E-state index in [0.717, 1.165) is 17.0 Å². The van der Waals surface area contributed by atoms with Crippen LogP contribution in [0.3, 0.4) is 0 Å². The fourth-order valence-corrected chi connectivity index (χ4v) is 4.36. The van der Waals surface area contributed by atoms with Crippen LogP contribution < -0.4 is 9.64 Å². The maximum absolute atomic E-state index is 12.7. The minimum absolute atomic E-state index is 0.105. The molecule has 4 nitrogen and oxygen atoms in total. The smallest absolute Gasteiger partial charge is 0.232 e. The number of benzene rings is 1. The van der Waals surface area contributed by atoms with Crippen molar-refractivity contribution in [2.45, 2.75) is 38.8 Å². The number of thiophene rings is 1. The summed E-state index contributed by atoms with van der Waals surface area (Å²) in [6.45, 7) is 4.04. The summed E-state index contributed by atoms with van der Waals surface area (Å²) in [7, 11) is 0. The summed E-state index contributed by atoms with van der Waals surface area (Å²) in [6, 6.07) is 7.75. The van der Waals surface area contributed by atoms with Gasteiger partial charge in [0, 0.05) is 11.0 Å². The van der Waals surface area contributed by atoms with Gasteiger partial charge in [-0.15, -0.1) is 11.3 Å². The van der Waals surface area contributed by atoms with E-state index in [0.29, 0.717) is 29.7 Å². The Balaban J connectivity index is 1.67. The van der Waals surface area contributed by atoms with Crippen molar-refractivity contribution < 1.29 is 19.5 Å². The number of quaternary nitrogens is 1. The van der Waals surface area contributed by atoms with Crippen LogP contribution in [0.4, 0.5) is 0 Å². The molecule has 0 radical (unpaired) electrons. The van der Waals surface area contributed by atoms with Crippen molar-refractivity contribution in [1.29, 1.82) is 0 Å². The summed E-state index contributed by atoms with van der Waals surface area (Å²) < 4.78 is 5.93. The number of ketones is 1. The van der Waals surface area contributed by atoms with Gasteiger partial charge in [-0.3, -0.25) is 4.79 Å². The summed E-state index contributed by atoms with van der Waals surface area (Å²) in [5.41, 5.74) is 1.31. The number of phenolic OH excluding ortho intramolecular Hbond substituents is 1. The quantitative estimate of drug-likeness (QED) is 0.831. The lowest BCUT2D eigenvalue weighted by molar-refractivity contribution is -0.941. The van der Waals surface area contributed by atoms with Gasteiger partial charge in [-0.05, 0) is 49.8 Å². The number of likely N-dealkylation sites (tertiary alicyclic amines) is 1. The van der Waals surface area contributed by atoms with Crippen LogP contribution in [-0.2, 0) is 6.54 Å². The molecule has 2 atom stereocenters. The summed E-state index contributed by atoms with van der Waals surface area (Å²) in [6.07, 6.45) is 5.46. The van der Waals surface area contributed by atoms with Crippen LogP contribution in [-0.4, -0.2) is 23.5 Å². The highest BCUT2D eigenvalue weighted by molar-refractivity contribution is 7.10. The third kappa shape index (κ3) is 3.10. The van der Waals surface area contributed by atoms with Crippen LogP contribution in [0.25, 0.3) is 6.08 Å².